The molecular formula is C22H16N4OS. The van der Waals surface area contributed by atoms with Gasteiger partial charge in [0.1, 0.15) is 5.54 Å². The van der Waals surface area contributed by atoms with Gasteiger partial charge in [-0.15, -0.1) is 0 Å². The van der Waals surface area contributed by atoms with Crippen molar-refractivity contribution in [2.75, 3.05) is 0 Å². The van der Waals surface area contributed by atoms with Crippen molar-refractivity contribution in [3.8, 4) is 12.1 Å². The minimum absolute atomic E-state index is 0.160. The van der Waals surface area contributed by atoms with E-state index in [-0.39, 0.29) is 5.91 Å². The molecule has 0 spiro atoms. The summed E-state index contributed by atoms with van der Waals surface area (Å²) in [5.74, 6) is -0.160. The number of amides is 1. The Morgan fingerprint density at radius 2 is 1.46 bits per heavy atom. The summed E-state index contributed by atoms with van der Waals surface area (Å²) in [4.78, 5) is 20.5. The van der Waals surface area contributed by atoms with Gasteiger partial charge >= 0.3 is 0 Å². The molecule has 0 unspecified atom stereocenters. The molecular weight excluding hydrogens is 368 g/mol. The van der Waals surface area contributed by atoms with Gasteiger partial charge in [-0.1, -0.05) is 36.0 Å². The van der Waals surface area contributed by atoms with Gasteiger partial charge in [0.15, 0.2) is 5.17 Å². The van der Waals surface area contributed by atoms with E-state index in [1.165, 1.54) is 11.8 Å². The predicted octanol–water partition coefficient (Wildman–Crippen LogP) is 3.76. The average molecular weight is 384 g/mol. The summed E-state index contributed by atoms with van der Waals surface area (Å²) in [6.07, 6.45) is 2.95. The third kappa shape index (κ3) is 3.09. The van der Waals surface area contributed by atoms with Crippen LogP contribution in [0.25, 0.3) is 0 Å². The molecule has 0 aromatic heterocycles. The molecule has 0 radical (unpaired) electrons. The minimum atomic E-state index is -0.845. The molecule has 1 amide bonds. The van der Waals surface area contributed by atoms with Crippen molar-refractivity contribution < 1.29 is 4.79 Å². The zero-order valence-corrected chi connectivity index (χ0v) is 16.0. The Morgan fingerprint density at radius 1 is 0.964 bits per heavy atom. The number of nitriles is 2. The molecule has 0 bridgehead atoms. The van der Waals surface area contributed by atoms with Crippen molar-refractivity contribution in [3.05, 3.63) is 81.9 Å². The first-order chi connectivity index (χ1) is 13.5. The van der Waals surface area contributed by atoms with Crippen molar-refractivity contribution in [3.63, 3.8) is 0 Å². The molecule has 2 aromatic rings. The lowest BCUT2D eigenvalue weighted by molar-refractivity contribution is -0.124. The summed E-state index contributed by atoms with van der Waals surface area (Å²) in [5.41, 5.74) is 2.28. The fourth-order valence-electron chi connectivity index (χ4n) is 3.59. The van der Waals surface area contributed by atoms with Crippen molar-refractivity contribution in [2.45, 2.75) is 25.3 Å². The minimum Gasteiger partial charge on any atom is -0.310 e. The van der Waals surface area contributed by atoms with Crippen LogP contribution in [-0.2, 0) is 17.6 Å². The predicted molar refractivity (Wildman–Crippen MR) is 108 cm³/mol. The topological polar surface area (TPSA) is 80.2 Å². The normalized spacial score (nSPS) is 16.8. The van der Waals surface area contributed by atoms with Gasteiger partial charge in [0.25, 0.3) is 5.91 Å². The third-order valence-electron chi connectivity index (χ3n) is 4.98. The molecule has 2 aliphatic rings. The van der Waals surface area contributed by atoms with Crippen molar-refractivity contribution in [1.82, 2.24) is 4.90 Å². The van der Waals surface area contributed by atoms with Crippen LogP contribution in [0.4, 0.5) is 0 Å². The van der Waals surface area contributed by atoms with Gasteiger partial charge in [0, 0.05) is 23.9 Å². The molecule has 28 heavy (non-hydrogen) atoms. The van der Waals surface area contributed by atoms with Crippen LogP contribution >= 0.6 is 11.8 Å². The number of allylic oxidation sites excluding steroid dienone is 1. The molecule has 2 aliphatic heterocycles. The molecule has 0 fully saturated rings. The van der Waals surface area contributed by atoms with Crippen molar-refractivity contribution in [2.24, 2.45) is 4.99 Å². The van der Waals surface area contributed by atoms with Gasteiger partial charge < -0.3 is 4.90 Å². The van der Waals surface area contributed by atoms with Gasteiger partial charge in [0.05, 0.1) is 23.3 Å². The first-order valence-corrected chi connectivity index (χ1v) is 9.62. The molecule has 2 aromatic carbocycles. The molecule has 5 nitrogen and oxygen atoms in total. The third-order valence-corrected chi connectivity index (χ3v) is 5.88. The van der Waals surface area contributed by atoms with Crippen molar-refractivity contribution >= 4 is 22.8 Å². The van der Waals surface area contributed by atoms with Crippen LogP contribution in [0.5, 0.6) is 0 Å². The van der Waals surface area contributed by atoms with E-state index in [0.717, 1.165) is 16.0 Å². The quantitative estimate of drug-likeness (QED) is 0.802. The van der Waals surface area contributed by atoms with Gasteiger partial charge in [0.2, 0.25) is 0 Å². The summed E-state index contributed by atoms with van der Waals surface area (Å²) in [6, 6.07) is 18.9. The monoisotopic (exact) mass is 384 g/mol. The number of nitrogens with zero attached hydrogens (tertiary/aromatic N) is 4. The molecule has 6 heteroatoms. The van der Waals surface area contributed by atoms with E-state index in [0.29, 0.717) is 29.1 Å². The van der Waals surface area contributed by atoms with E-state index in [4.69, 9.17) is 10.5 Å². The van der Waals surface area contributed by atoms with E-state index < -0.39 is 5.54 Å². The molecule has 0 N–H and O–H groups in total. The number of hydrogen-bond donors (Lipinski definition) is 0. The second-order valence-electron chi connectivity index (χ2n) is 6.91. The number of carbonyl (C=O) groups is 1. The molecule has 0 atom stereocenters. The Balaban J connectivity index is 1.73. The standard InChI is InChI=1S/C22H16N4OS/c1-15-14-26-21(28-15)25-20(27)22(26,10-16-2-6-18(12-23)7-3-16)11-17-4-8-19(13-24)9-5-17/h2-9,14H,10-11H2,1H3. The number of fused-ring (bicyclic) bond motifs is 1. The second-order valence-corrected chi connectivity index (χ2v) is 8.13. The van der Waals surface area contributed by atoms with Crippen LogP contribution < -0.4 is 0 Å². The lowest BCUT2D eigenvalue weighted by Crippen LogP contribution is -2.51. The Kier molecular flexibility index (Phi) is 4.50. The average Bonchev–Trinajstić information content (AvgIpc) is 3.18. The van der Waals surface area contributed by atoms with Crippen LogP contribution in [0.1, 0.15) is 29.2 Å². The van der Waals surface area contributed by atoms with Gasteiger partial charge in [-0.05, 0) is 42.3 Å². The van der Waals surface area contributed by atoms with E-state index >= 15 is 0 Å². The first-order valence-electron chi connectivity index (χ1n) is 8.81. The number of amidine groups is 1. The molecule has 0 aliphatic carbocycles. The number of thioether (sulfide) groups is 1. The molecule has 4 rings (SSSR count). The molecule has 2 heterocycles. The van der Waals surface area contributed by atoms with Crippen LogP contribution in [0, 0.1) is 22.7 Å². The van der Waals surface area contributed by atoms with Gasteiger partial charge in [-0.2, -0.15) is 15.5 Å². The van der Waals surface area contributed by atoms with Crippen molar-refractivity contribution in [1.29, 1.82) is 10.5 Å². The van der Waals surface area contributed by atoms with Crippen LogP contribution in [0.15, 0.2) is 64.6 Å². The van der Waals surface area contributed by atoms with E-state index in [9.17, 15) is 4.79 Å². The highest BCUT2D eigenvalue weighted by molar-refractivity contribution is 8.17. The first kappa shape index (κ1) is 18.0. The number of hydrogen-bond acceptors (Lipinski definition) is 5. The molecule has 0 saturated heterocycles. The highest BCUT2D eigenvalue weighted by atomic mass is 32.2. The highest BCUT2D eigenvalue weighted by Gasteiger charge is 2.51. The Labute approximate surface area is 167 Å². The highest BCUT2D eigenvalue weighted by Crippen LogP contribution is 2.42. The molecule has 136 valence electrons. The number of rotatable bonds is 4. The summed E-state index contributed by atoms with van der Waals surface area (Å²) in [5, 5.41) is 18.8. The zero-order valence-electron chi connectivity index (χ0n) is 15.2. The SMILES string of the molecule is CC1=CN2C(=NC(=O)C2(Cc2ccc(C#N)cc2)Cc2ccc(C#N)cc2)S1. The molecule has 0 saturated carbocycles. The van der Waals surface area contributed by atoms with Gasteiger partial charge in [-0.25, -0.2) is 0 Å². The maximum atomic E-state index is 13.1. The smallest absolute Gasteiger partial charge is 0.275 e. The number of aliphatic imine (C=N–C) groups is 1. The summed E-state index contributed by atoms with van der Waals surface area (Å²) in [7, 11) is 0. The van der Waals surface area contributed by atoms with Crippen LogP contribution in [-0.4, -0.2) is 21.5 Å². The Bertz CT molecular complexity index is 1030. The number of benzene rings is 2. The Morgan fingerprint density at radius 3 is 1.93 bits per heavy atom. The van der Waals surface area contributed by atoms with E-state index in [2.05, 4.69) is 17.1 Å². The maximum Gasteiger partial charge on any atom is 0.275 e. The van der Waals surface area contributed by atoms with Crippen LogP contribution in [0.3, 0.4) is 0 Å². The van der Waals surface area contributed by atoms with E-state index in [1.807, 2.05) is 42.3 Å². The fraction of sp³-hybridized carbons (Fsp3) is 0.182. The lowest BCUT2D eigenvalue weighted by atomic mass is 9.83. The second kappa shape index (κ2) is 6.99. The van der Waals surface area contributed by atoms with Gasteiger partial charge in [-0.3, -0.25) is 4.79 Å². The fourth-order valence-corrected chi connectivity index (χ4v) is 4.49. The maximum absolute atomic E-state index is 13.1. The summed E-state index contributed by atoms with van der Waals surface area (Å²) >= 11 is 1.51. The lowest BCUT2D eigenvalue weighted by Gasteiger charge is -2.34. The van der Waals surface area contributed by atoms with E-state index in [1.54, 1.807) is 24.3 Å². The summed E-state index contributed by atoms with van der Waals surface area (Å²) in [6.45, 7) is 2.00. The summed E-state index contributed by atoms with van der Waals surface area (Å²) < 4.78 is 0. The zero-order chi connectivity index (χ0) is 19.7. The van der Waals surface area contributed by atoms with Crippen LogP contribution in [0.2, 0.25) is 0 Å². The Hall–Kier alpha value is -3.35. The number of carbonyl (C=O) groups excluding carboxylic acids is 1. The largest absolute Gasteiger partial charge is 0.310 e.